The summed E-state index contributed by atoms with van der Waals surface area (Å²) in [6.07, 6.45) is 0. The van der Waals surface area contributed by atoms with E-state index in [9.17, 15) is 0 Å². The van der Waals surface area contributed by atoms with Crippen LogP contribution in [0.1, 0.15) is 0 Å². The minimum absolute atomic E-state index is 0.492. The van der Waals surface area contributed by atoms with E-state index in [0.717, 1.165) is 102 Å². The Balaban J connectivity index is 1.06. The van der Waals surface area contributed by atoms with Gasteiger partial charge in [0.15, 0.2) is 57.9 Å². The quantitative estimate of drug-likeness (QED) is 0.139. The summed E-state index contributed by atoms with van der Waals surface area (Å²) in [5, 5.41) is 0. The summed E-state index contributed by atoms with van der Waals surface area (Å²) in [4.78, 5) is 36.0. The predicted molar refractivity (Wildman–Crippen MR) is 301 cm³/mol. The van der Waals surface area contributed by atoms with E-state index in [-0.39, 0.29) is 0 Å². The van der Waals surface area contributed by atoms with E-state index in [0.29, 0.717) is 34.9 Å². The first-order valence-electron chi connectivity index (χ1n) is 25.0. The highest BCUT2D eigenvalue weighted by atomic mass is 16.5. The zero-order valence-electron chi connectivity index (χ0n) is 40.6. The van der Waals surface area contributed by atoms with Crippen LogP contribution in [0, 0.1) is 0 Å². The molecule has 0 amide bonds. The van der Waals surface area contributed by atoms with Crippen LogP contribution in [0.3, 0.4) is 0 Å². The second-order valence-corrected chi connectivity index (χ2v) is 18.3. The molecule has 0 atom stereocenters. The SMILES string of the molecule is c1ccc(-c2nc(-c3ccccc3)nc(-c3cc(-c4ccc(N5c6ccccc6Oc6ccccc65)cc4-c4nc(-c5ccccc5)nc(-c5ccccc5)n4)cc(N4c5ccccc5Oc5ccccc54)c3)n2)cc1. The molecule has 10 heteroatoms. The monoisotopic (exact) mass is 978 g/mol. The molecular weight excluding hydrogens is 937 g/mol. The lowest BCUT2D eigenvalue weighted by atomic mass is 9.94. The molecule has 12 aromatic rings. The number of hydrogen-bond acceptors (Lipinski definition) is 10. The highest BCUT2D eigenvalue weighted by Gasteiger charge is 2.30. The van der Waals surface area contributed by atoms with Crippen molar-refractivity contribution in [3.05, 3.63) is 255 Å². The molecule has 0 saturated carbocycles. The summed E-state index contributed by atoms with van der Waals surface area (Å²) >= 11 is 0. The summed E-state index contributed by atoms with van der Waals surface area (Å²) < 4.78 is 13.1. The van der Waals surface area contributed by atoms with Gasteiger partial charge in [-0.3, -0.25) is 0 Å². The average Bonchev–Trinajstić information content (AvgIpc) is 3.50. The van der Waals surface area contributed by atoms with Crippen molar-refractivity contribution in [1.82, 2.24) is 29.9 Å². The van der Waals surface area contributed by atoms with Crippen molar-refractivity contribution >= 4 is 34.1 Å². The lowest BCUT2D eigenvalue weighted by molar-refractivity contribution is 0.477. The van der Waals surface area contributed by atoms with Crippen molar-refractivity contribution in [1.29, 1.82) is 0 Å². The third-order valence-electron chi connectivity index (χ3n) is 13.5. The third kappa shape index (κ3) is 8.12. The van der Waals surface area contributed by atoms with Crippen LogP contribution in [0.25, 0.3) is 79.5 Å². The Morgan fingerprint density at radius 3 is 0.934 bits per heavy atom. The average molecular weight is 979 g/mol. The van der Waals surface area contributed by atoms with Crippen LogP contribution in [0.2, 0.25) is 0 Å². The van der Waals surface area contributed by atoms with Gasteiger partial charge in [-0.05, 0) is 90.0 Å². The molecule has 2 aliphatic heterocycles. The van der Waals surface area contributed by atoms with Crippen molar-refractivity contribution in [3.63, 3.8) is 0 Å². The number of anilines is 6. The molecule has 76 heavy (non-hydrogen) atoms. The molecule has 0 N–H and O–H groups in total. The first kappa shape index (κ1) is 44.1. The summed E-state index contributed by atoms with van der Waals surface area (Å²) in [5.74, 6) is 6.16. The smallest absolute Gasteiger partial charge is 0.164 e. The molecule has 0 radical (unpaired) electrons. The Bertz CT molecular complexity index is 3940. The van der Waals surface area contributed by atoms with Crippen LogP contribution in [-0.4, -0.2) is 29.9 Å². The Labute approximate surface area is 438 Å². The van der Waals surface area contributed by atoms with Gasteiger partial charge in [-0.25, -0.2) is 29.9 Å². The molecular formula is C66H42N8O2. The molecule has 2 aliphatic rings. The zero-order chi connectivity index (χ0) is 50.4. The number of benzene rings is 10. The zero-order valence-corrected chi connectivity index (χ0v) is 40.6. The highest BCUT2D eigenvalue weighted by Crippen LogP contribution is 2.54. The van der Waals surface area contributed by atoms with E-state index in [1.807, 2.05) is 194 Å². The van der Waals surface area contributed by atoms with Gasteiger partial charge >= 0.3 is 0 Å². The van der Waals surface area contributed by atoms with Crippen LogP contribution in [0.4, 0.5) is 34.1 Å². The van der Waals surface area contributed by atoms with Crippen molar-refractivity contribution in [3.8, 4) is 102 Å². The fraction of sp³-hybridized carbons (Fsp3) is 0. The first-order chi connectivity index (χ1) is 37.6. The Morgan fingerprint density at radius 2 is 0.539 bits per heavy atom. The van der Waals surface area contributed by atoms with Gasteiger partial charge in [0, 0.05) is 44.8 Å². The maximum Gasteiger partial charge on any atom is 0.164 e. The molecule has 0 fully saturated rings. The van der Waals surface area contributed by atoms with Gasteiger partial charge in [-0.1, -0.05) is 176 Å². The van der Waals surface area contributed by atoms with Crippen molar-refractivity contribution in [2.24, 2.45) is 0 Å². The van der Waals surface area contributed by atoms with Gasteiger partial charge < -0.3 is 19.3 Å². The van der Waals surface area contributed by atoms with Crippen LogP contribution in [0.15, 0.2) is 255 Å². The first-order valence-corrected chi connectivity index (χ1v) is 25.0. The van der Waals surface area contributed by atoms with E-state index in [1.54, 1.807) is 0 Å². The van der Waals surface area contributed by atoms with Crippen LogP contribution >= 0.6 is 0 Å². The topological polar surface area (TPSA) is 102 Å². The standard InChI is InChI=1S/C66H42N8O2/c1-5-21-43(22-6-1)61-67-62(44-23-7-2-8-24-44)70-65(69-61)48-39-47(40-50(41-48)74-55-31-15-19-35-59(55)76-60-36-20-16-32-56(60)74)51-38-37-49(73-53-29-13-17-33-57(53)75-58-34-18-14-30-54(58)73)42-52(51)66-71-63(45-25-9-3-10-26-45)68-64(72-66)46-27-11-4-12-28-46/h1-42H. The maximum atomic E-state index is 6.57. The fourth-order valence-corrected chi connectivity index (χ4v) is 9.97. The van der Waals surface area contributed by atoms with Gasteiger partial charge in [0.2, 0.25) is 0 Å². The number of nitrogens with zero attached hydrogens (tertiary/aromatic N) is 8. The van der Waals surface area contributed by atoms with Gasteiger partial charge in [-0.15, -0.1) is 0 Å². The van der Waals surface area contributed by atoms with Crippen molar-refractivity contribution in [2.75, 3.05) is 9.80 Å². The number of ether oxygens (including phenoxy) is 2. The number of rotatable bonds is 9. The summed E-state index contributed by atoms with van der Waals surface area (Å²) in [7, 11) is 0. The van der Waals surface area contributed by atoms with Gasteiger partial charge in [0.05, 0.1) is 22.7 Å². The second-order valence-electron chi connectivity index (χ2n) is 18.3. The van der Waals surface area contributed by atoms with E-state index in [4.69, 9.17) is 39.4 Å². The summed E-state index contributed by atoms with van der Waals surface area (Å²) in [5.41, 5.74) is 12.0. The van der Waals surface area contributed by atoms with E-state index in [1.165, 1.54) is 0 Å². The summed E-state index contributed by atoms with van der Waals surface area (Å²) in [6.45, 7) is 0. The van der Waals surface area contributed by atoms with E-state index < -0.39 is 0 Å². The van der Waals surface area contributed by atoms with Crippen molar-refractivity contribution < 1.29 is 9.47 Å². The minimum atomic E-state index is 0.492. The lowest BCUT2D eigenvalue weighted by Gasteiger charge is -2.33. The molecule has 0 spiro atoms. The summed E-state index contributed by atoms with van der Waals surface area (Å²) in [6, 6.07) is 85.7. The molecule has 14 rings (SSSR count). The number of para-hydroxylation sites is 8. The number of hydrogen-bond donors (Lipinski definition) is 0. The molecule has 0 unspecified atom stereocenters. The Kier molecular flexibility index (Phi) is 10.9. The predicted octanol–water partition coefficient (Wildman–Crippen LogP) is 16.9. The number of aromatic nitrogens is 6. The maximum absolute atomic E-state index is 6.57. The lowest BCUT2D eigenvalue weighted by Crippen LogP contribution is -2.16. The largest absolute Gasteiger partial charge is 0.453 e. The van der Waals surface area contributed by atoms with E-state index in [2.05, 4.69) is 70.5 Å². The molecule has 0 saturated heterocycles. The van der Waals surface area contributed by atoms with Crippen LogP contribution in [-0.2, 0) is 0 Å². The Morgan fingerprint density at radius 1 is 0.224 bits per heavy atom. The molecule has 2 aromatic heterocycles. The van der Waals surface area contributed by atoms with Gasteiger partial charge in [-0.2, -0.15) is 0 Å². The second kappa shape index (κ2) is 18.8. The molecule has 0 aliphatic carbocycles. The highest BCUT2D eigenvalue weighted by molar-refractivity contribution is 5.95. The number of fused-ring (bicyclic) bond motifs is 4. The van der Waals surface area contributed by atoms with Gasteiger partial charge in [0.1, 0.15) is 0 Å². The Hall–Kier alpha value is -10.6. The normalized spacial score (nSPS) is 12.1. The third-order valence-corrected chi connectivity index (χ3v) is 13.5. The molecule has 10 aromatic carbocycles. The molecule has 4 heterocycles. The molecule has 10 nitrogen and oxygen atoms in total. The van der Waals surface area contributed by atoms with Gasteiger partial charge in [0.25, 0.3) is 0 Å². The van der Waals surface area contributed by atoms with E-state index >= 15 is 0 Å². The fourth-order valence-electron chi connectivity index (χ4n) is 9.97. The molecule has 0 bridgehead atoms. The van der Waals surface area contributed by atoms with Crippen LogP contribution < -0.4 is 19.3 Å². The molecule has 358 valence electrons. The van der Waals surface area contributed by atoms with Crippen LogP contribution in [0.5, 0.6) is 23.0 Å². The van der Waals surface area contributed by atoms with Crippen molar-refractivity contribution in [2.45, 2.75) is 0 Å². The minimum Gasteiger partial charge on any atom is -0.453 e.